The maximum absolute atomic E-state index is 12.4. The highest BCUT2D eigenvalue weighted by Crippen LogP contribution is 2.29. The quantitative estimate of drug-likeness (QED) is 0.377. The summed E-state index contributed by atoms with van der Waals surface area (Å²) in [6.07, 6.45) is -4.79. The summed E-state index contributed by atoms with van der Waals surface area (Å²) < 4.78 is 46.3. The fourth-order valence-corrected chi connectivity index (χ4v) is 2.18. The lowest BCUT2D eigenvalue weighted by molar-refractivity contribution is -0.274. The van der Waals surface area contributed by atoms with Crippen LogP contribution >= 0.6 is 24.0 Å². The van der Waals surface area contributed by atoms with E-state index in [2.05, 4.69) is 15.0 Å². The third-order valence-electron chi connectivity index (χ3n) is 3.27. The Kier molecular flexibility index (Phi) is 8.00. The zero-order valence-electron chi connectivity index (χ0n) is 14.1. The van der Waals surface area contributed by atoms with Gasteiger partial charge in [0.05, 0.1) is 19.3 Å². The van der Waals surface area contributed by atoms with Crippen LogP contribution < -0.4 is 20.5 Å². The molecule has 0 aromatic heterocycles. The average Bonchev–Trinajstić information content (AvgIpc) is 2.53. The average molecular weight is 481 g/mol. The molecular formula is C17H19F3IN3O2. The van der Waals surface area contributed by atoms with Crippen molar-refractivity contribution in [3.05, 3.63) is 53.6 Å². The number of ether oxygens (including phenoxy) is 2. The van der Waals surface area contributed by atoms with Gasteiger partial charge in [0.2, 0.25) is 0 Å². The summed E-state index contributed by atoms with van der Waals surface area (Å²) >= 11 is 0. The number of anilines is 1. The van der Waals surface area contributed by atoms with Crippen molar-refractivity contribution in [3.63, 3.8) is 0 Å². The van der Waals surface area contributed by atoms with Crippen molar-refractivity contribution < 1.29 is 22.6 Å². The largest absolute Gasteiger partial charge is 0.573 e. The van der Waals surface area contributed by atoms with E-state index in [1.54, 1.807) is 13.2 Å². The highest BCUT2D eigenvalue weighted by molar-refractivity contribution is 14.0. The van der Waals surface area contributed by atoms with E-state index >= 15 is 0 Å². The summed E-state index contributed by atoms with van der Waals surface area (Å²) in [7, 11) is 1.59. The Hall–Kier alpha value is -2.17. The lowest BCUT2D eigenvalue weighted by atomic mass is 10.1. The van der Waals surface area contributed by atoms with Crippen LogP contribution in [-0.2, 0) is 6.54 Å². The molecule has 0 fully saturated rings. The Morgan fingerprint density at radius 3 is 2.46 bits per heavy atom. The normalized spacial score (nSPS) is 11.5. The van der Waals surface area contributed by atoms with Gasteiger partial charge >= 0.3 is 6.36 Å². The van der Waals surface area contributed by atoms with Crippen molar-refractivity contribution in [1.82, 2.24) is 0 Å². The Balaban J connectivity index is 0.00000338. The van der Waals surface area contributed by atoms with Crippen LogP contribution in [0.25, 0.3) is 0 Å². The van der Waals surface area contributed by atoms with Crippen molar-refractivity contribution in [1.29, 1.82) is 0 Å². The van der Waals surface area contributed by atoms with E-state index in [1.165, 1.54) is 18.2 Å². The molecule has 0 bridgehead atoms. The molecule has 0 radical (unpaired) electrons. The SMILES string of the molecule is COc1ccc(CN=C(N)Nc2ccccc2OC(F)(F)F)cc1C.I. The van der Waals surface area contributed by atoms with Gasteiger partial charge in [-0.2, -0.15) is 0 Å². The first kappa shape index (κ1) is 21.9. The minimum absolute atomic E-state index is 0. The number of methoxy groups -OCH3 is 1. The predicted molar refractivity (Wildman–Crippen MR) is 105 cm³/mol. The van der Waals surface area contributed by atoms with Gasteiger partial charge in [-0.25, -0.2) is 4.99 Å². The second-order valence-corrected chi connectivity index (χ2v) is 5.17. The molecule has 0 aliphatic carbocycles. The van der Waals surface area contributed by atoms with Gasteiger partial charge in [-0.1, -0.05) is 24.3 Å². The van der Waals surface area contributed by atoms with Crippen molar-refractivity contribution >= 4 is 35.6 Å². The molecule has 26 heavy (non-hydrogen) atoms. The van der Waals surface area contributed by atoms with Crippen LogP contribution in [0.2, 0.25) is 0 Å². The second-order valence-electron chi connectivity index (χ2n) is 5.17. The zero-order chi connectivity index (χ0) is 18.4. The number of nitrogens with one attached hydrogen (secondary N) is 1. The number of hydrogen-bond acceptors (Lipinski definition) is 3. The van der Waals surface area contributed by atoms with Crippen LogP contribution in [0.5, 0.6) is 11.5 Å². The fourth-order valence-electron chi connectivity index (χ4n) is 2.18. The van der Waals surface area contributed by atoms with Gasteiger partial charge in [0, 0.05) is 0 Å². The van der Waals surface area contributed by atoms with Gasteiger partial charge in [-0.3, -0.25) is 0 Å². The minimum atomic E-state index is -4.79. The molecule has 2 rings (SSSR count). The summed E-state index contributed by atoms with van der Waals surface area (Å²) in [5.74, 6) is 0.359. The number of aryl methyl sites for hydroxylation is 1. The zero-order valence-corrected chi connectivity index (χ0v) is 16.5. The highest BCUT2D eigenvalue weighted by Gasteiger charge is 2.32. The number of hydrogen-bond donors (Lipinski definition) is 2. The molecule has 3 N–H and O–H groups in total. The molecule has 0 heterocycles. The van der Waals surface area contributed by atoms with E-state index in [9.17, 15) is 13.2 Å². The number of rotatable bonds is 5. The molecule has 142 valence electrons. The molecule has 2 aromatic rings. The van der Waals surface area contributed by atoms with Crippen LogP contribution in [0.3, 0.4) is 0 Å². The number of benzene rings is 2. The summed E-state index contributed by atoms with van der Waals surface area (Å²) in [6.45, 7) is 2.17. The number of halogens is 4. The fraction of sp³-hybridized carbons (Fsp3) is 0.235. The summed E-state index contributed by atoms with van der Waals surface area (Å²) in [5, 5.41) is 2.62. The molecular weight excluding hydrogens is 462 g/mol. The Morgan fingerprint density at radius 2 is 1.85 bits per heavy atom. The first-order chi connectivity index (χ1) is 11.8. The van der Waals surface area contributed by atoms with Gasteiger partial charge < -0.3 is 20.5 Å². The lowest BCUT2D eigenvalue weighted by Gasteiger charge is -2.14. The number of para-hydroxylation sites is 2. The molecule has 5 nitrogen and oxygen atoms in total. The molecule has 0 saturated heterocycles. The van der Waals surface area contributed by atoms with Crippen LogP contribution in [0, 0.1) is 6.92 Å². The van der Waals surface area contributed by atoms with Crippen molar-refractivity contribution in [2.75, 3.05) is 12.4 Å². The molecule has 0 aliphatic heterocycles. The molecule has 0 saturated carbocycles. The van der Waals surface area contributed by atoms with E-state index in [1.807, 2.05) is 25.1 Å². The maximum atomic E-state index is 12.4. The Labute approximate surface area is 166 Å². The smallest absolute Gasteiger partial charge is 0.496 e. The first-order valence-electron chi connectivity index (χ1n) is 7.34. The summed E-state index contributed by atoms with van der Waals surface area (Å²) in [6, 6.07) is 11.2. The van der Waals surface area contributed by atoms with E-state index in [0.29, 0.717) is 0 Å². The maximum Gasteiger partial charge on any atom is 0.573 e. The number of alkyl halides is 3. The lowest BCUT2D eigenvalue weighted by Crippen LogP contribution is -2.24. The summed E-state index contributed by atoms with van der Waals surface area (Å²) in [4.78, 5) is 4.13. The van der Waals surface area contributed by atoms with E-state index in [-0.39, 0.29) is 47.9 Å². The molecule has 0 atom stereocenters. The van der Waals surface area contributed by atoms with Gasteiger partial charge in [0.15, 0.2) is 11.7 Å². The Morgan fingerprint density at radius 1 is 1.15 bits per heavy atom. The first-order valence-corrected chi connectivity index (χ1v) is 7.34. The Bertz CT molecular complexity index is 767. The second kappa shape index (κ2) is 9.51. The summed E-state index contributed by atoms with van der Waals surface area (Å²) in [5.41, 5.74) is 7.67. The standard InChI is InChI=1S/C17H18F3N3O2.HI/c1-11-9-12(7-8-14(11)24-2)10-22-16(21)23-13-5-3-4-6-15(13)25-17(18,19)20;/h3-9H,10H2,1-2H3,(H3,21,22,23);1H. The topological polar surface area (TPSA) is 68.9 Å². The van der Waals surface area contributed by atoms with Gasteiger partial charge in [-0.15, -0.1) is 37.1 Å². The van der Waals surface area contributed by atoms with Crippen LogP contribution in [-0.4, -0.2) is 19.4 Å². The van der Waals surface area contributed by atoms with Crippen molar-refractivity contribution in [2.45, 2.75) is 19.8 Å². The molecule has 9 heteroatoms. The van der Waals surface area contributed by atoms with E-state index in [0.717, 1.165) is 16.9 Å². The third-order valence-corrected chi connectivity index (χ3v) is 3.27. The van der Waals surface area contributed by atoms with Crippen molar-refractivity contribution in [2.24, 2.45) is 10.7 Å². The number of aliphatic imine (C=N–C) groups is 1. The van der Waals surface area contributed by atoms with Crippen LogP contribution in [0.1, 0.15) is 11.1 Å². The number of nitrogens with zero attached hydrogens (tertiary/aromatic N) is 1. The molecule has 0 aliphatic rings. The minimum Gasteiger partial charge on any atom is -0.496 e. The van der Waals surface area contributed by atoms with Crippen molar-refractivity contribution in [3.8, 4) is 11.5 Å². The van der Waals surface area contributed by atoms with Gasteiger partial charge in [0.1, 0.15) is 5.75 Å². The molecule has 0 unspecified atom stereocenters. The van der Waals surface area contributed by atoms with E-state index in [4.69, 9.17) is 10.5 Å². The number of nitrogens with two attached hydrogens (primary N) is 1. The molecule has 2 aromatic carbocycles. The molecule has 0 spiro atoms. The number of guanidine groups is 1. The van der Waals surface area contributed by atoms with Gasteiger partial charge in [0.25, 0.3) is 0 Å². The van der Waals surface area contributed by atoms with Gasteiger partial charge in [-0.05, 0) is 36.2 Å². The third kappa shape index (κ3) is 6.62. The monoisotopic (exact) mass is 481 g/mol. The van der Waals surface area contributed by atoms with E-state index < -0.39 is 6.36 Å². The molecule has 0 amide bonds. The highest BCUT2D eigenvalue weighted by atomic mass is 127. The van der Waals surface area contributed by atoms with Crippen LogP contribution in [0.15, 0.2) is 47.5 Å². The predicted octanol–water partition coefficient (Wildman–Crippen LogP) is 4.45. The van der Waals surface area contributed by atoms with Crippen LogP contribution in [0.4, 0.5) is 18.9 Å².